The molecule has 0 aliphatic rings. The molecule has 0 saturated carbocycles. The highest BCUT2D eigenvalue weighted by molar-refractivity contribution is 5.80. The molecule has 0 spiro atoms. The minimum Gasteiger partial charge on any atom is -0.465 e. The zero-order valence-electron chi connectivity index (χ0n) is 19.2. The SMILES string of the molecule is Cc1ccc(C(c2ccc(N=Cc3ccc(-c4ccc([N+](=O)[O-])cc4)o3)cc2)c2ccc(C)o2)o1. The van der Waals surface area contributed by atoms with Gasteiger partial charge in [-0.25, -0.2) is 0 Å². The number of furan rings is 3. The lowest BCUT2D eigenvalue weighted by atomic mass is 9.94. The number of aryl methyl sites for hydroxylation is 2. The summed E-state index contributed by atoms with van der Waals surface area (Å²) in [5.41, 5.74) is 2.60. The van der Waals surface area contributed by atoms with Crippen LogP contribution in [0, 0.1) is 24.0 Å². The van der Waals surface area contributed by atoms with Crippen molar-refractivity contribution < 1.29 is 18.2 Å². The summed E-state index contributed by atoms with van der Waals surface area (Å²) in [4.78, 5) is 14.9. The monoisotopic (exact) mass is 466 g/mol. The molecule has 3 aromatic heterocycles. The Balaban J connectivity index is 1.34. The van der Waals surface area contributed by atoms with Gasteiger partial charge in [-0.3, -0.25) is 15.1 Å². The first-order chi connectivity index (χ1) is 17.0. The first-order valence-corrected chi connectivity index (χ1v) is 11.1. The zero-order valence-corrected chi connectivity index (χ0v) is 19.2. The summed E-state index contributed by atoms with van der Waals surface area (Å²) in [5, 5.41) is 10.8. The molecule has 0 radical (unpaired) electrons. The number of aliphatic imine (C=N–C) groups is 1. The predicted molar refractivity (Wildman–Crippen MR) is 132 cm³/mol. The van der Waals surface area contributed by atoms with E-state index in [0.717, 1.165) is 39.9 Å². The Labute approximate surface area is 201 Å². The molecule has 0 saturated heterocycles. The van der Waals surface area contributed by atoms with E-state index < -0.39 is 4.92 Å². The quantitative estimate of drug-likeness (QED) is 0.140. The van der Waals surface area contributed by atoms with Gasteiger partial charge in [-0.15, -0.1) is 0 Å². The third-order valence-corrected chi connectivity index (χ3v) is 5.65. The van der Waals surface area contributed by atoms with Gasteiger partial charge in [0.05, 0.1) is 16.8 Å². The van der Waals surface area contributed by atoms with Crippen LogP contribution < -0.4 is 0 Å². The van der Waals surface area contributed by atoms with Crippen LogP contribution in [-0.4, -0.2) is 11.1 Å². The number of hydrogen-bond acceptors (Lipinski definition) is 6. The van der Waals surface area contributed by atoms with Crippen LogP contribution in [0.5, 0.6) is 0 Å². The van der Waals surface area contributed by atoms with E-state index in [1.54, 1.807) is 18.3 Å². The van der Waals surface area contributed by atoms with Crippen LogP contribution in [0.25, 0.3) is 11.3 Å². The number of nitrogens with zero attached hydrogens (tertiary/aromatic N) is 2. The van der Waals surface area contributed by atoms with E-state index in [1.807, 2.05) is 74.5 Å². The van der Waals surface area contributed by atoms with Crippen molar-refractivity contribution in [3.05, 3.63) is 129 Å². The minimum atomic E-state index is -0.428. The molecule has 35 heavy (non-hydrogen) atoms. The maximum absolute atomic E-state index is 10.8. The molecule has 0 bridgehead atoms. The Morgan fingerprint density at radius 2 is 1.40 bits per heavy atom. The number of hydrogen-bond donors (Lipinski definition) is 0. The molecular weight excluding hydrogens is 444 g/mol. The Bertz CT molecular complexity index is 1450. The zero-order chi connectivity index (χ0) is 24.4. The third kappa shape index (κ3) is 4.84. The summed E-state index contributed by atoms with van der Waals surface area (Å²) in [6.45, 7) is 3.85. The Kier molecular flexibility index (Phi) is 5.89. The van der Waals surface area contributed by atoms with Gasteiger partial charge in [0.15, 0.2) is 0 Å². The van der Waals surface area contributed by atoms with Crippen molar-refractivity contribution in [2.45, 2.75) is 19.8 Å². The summed E-state index contributed by atoms with van der Waals surface area (Å²) in [6.07, 6.45) is 1.65. The van der Waals surface area contributed by atoms with Crippen LogP contribution in [0.2, 0.25) is 0 Å². The highest BCUT2D eigenvalue weighted by atomic mass is 16.6. The molecule has 0 aliphatic carbocycles. The molecule has 0 aliphatic heterocycles. The number of nitro benzene ring substituents is 1. The Morgan fingerprint density at radius 1 is 0.771 bits per heavy atom. The molecule has 3 heterocycles. The predicted octanol–water partition coefficient (Wildman–Crippen LogP) is 7.59. The van der Waals surface area contributed by atoms with Gasteiger partial charge >= 0.3 is 0 Å². The van der Waals surface area contributed by atoms with Crippen LogP contribution in [-0.2, 0) is 0 Å². The van der Waals surface area contributed by atoms with Crippen LogP contribution >= 0.6 is 0 Å². The lowest BCUT2D eigenvalue weighted by molar-refractivity contribution is -0.384. The van der Waals surface area contributed by atoms with Gasteiger partial charge in [-0.05, 0) is 80.1 Å². The lowest BCUT2D eigenvalue weighted by Gasteiger charge is -2.13. The van der Waals surface area contributed by atoms with Gasteiger partial charge in [-0.1, -0.05) is 12.1 Å². The molecule has 7 heteroatoms. The molecule has 174 valence electrons. The van der Waals surface area contributed by atoms with Crippen molar-refractivity contribution in [2.75, 3.05) is 0 Å². The van der Waals surface area contributed by atoms with Gasteiger partial charge < -0.3 is 13.3 Å². The van der Waals surface area contributed by atoms with Gasteiger partial charge in [-0.2, -0.15) is 0 Å². The fraction of sp³-hybridized carbons (Fsp3) is 0.107. The highest BCUT2D eigenvalue weighted by Gasteiger charge is 2.23. The maximum atomic E-state index is 10.8. The summed E-state index contributed by atoms with van der Waals surface area (Å²) < 4.78 is 17.7. The van der Waals surface area contributed by atoms with Crippen LogP contribution in [0.1, 0.15) is 40.3 Å². The summed E-state index contributed by atoms with van der Waals surface area (Å²) in [5.74, 6) is 4.39. The fourth-order valence-corrected chi connectivity index (χ4v) is 3.90. The summed E-state index contributed by atoms with van der Waals surface area (Å²) in [7, 11) is 0. The number of benzene rings is 2. The molecule has 7 nitrogen and oxygen atoms in total. The van der Waals surface area contributed by atoms with E-state index in [9.17, 15) is 10.1 Å². The molecule has 0 amide bonds. The van der Waals surface area contributed by atoms with Crippen molar-refractivity contribution in [2.24, 2.45) is 4.99 Å². The highest BCUT2D eigenvalue weighted by Crippen LogP contribution is 2.35. The second kappa shape index (κ2) is 9.30. The lowest BCUT2D eigenvalue weighted by Crippen LogP contribution is -2.00. The second-order valence-electron chi connectivity index (χ2n) is 8.19. The third-order valence-electron chi connectivity index (χ3n) is 5.65. The first-order valence-electron chi connectivity index (χ1n) is 11.1. The molecule has 0 unspecified atom stereocenters. The van der Waals surface area contributed by atoms with Crippen molar-refractivity contribution in [3.8, 4) is 11.3 Å². The molecule has 5 aromatic rings. The second-order valence-corrected chi connectivity index (χ2v) is 8.19. The molecule has 2 aromatic carbocycles. The van der Waals surface area contributed by atoms with E-state index >= 15 is 0 Å². The van der Waals surface area contributed by atoms with E-state index in [1.165, 1.54) is 12.1 Å². The normalized spacial score (nSPS) is 11.5. The van der Waals surface area contributed by atoms with E-state index in [2.05, 4.69) is 4.99 Å². The van der Waals surface area contributed by atoms with Crippen molar-refractivity contribution in [1.29, 1.82) is 0 Å². The average Bonchev–Trinajstić information content (AvgIpc) is 3.61. The average molecular weight is 466 g/mol. The van der Waals surface area contributed by atoms with Gasteiger partial charge in [0.1, 0.15) is 40.5 Å². The molecule has 0 N–H and O–H groups in total. The molecular formula is C28H22N2O5. The number of rotatable bonds is 7. The fourth-order valence-electron chi connectivity index (χ4n) is 3.90. The molecule has 5 rings (SSSR count). The standard InChI is InChI=1S/C28H22N2O5/c1-18-3-14-26(33-18)28(27-15-4-19(2)34-27)21-5-9-22(10-6-21)29-17-24-13-16-25(35-24)20-7-11-23(12-8-20)30(31)32/h3-17,28H,1-2H3. The largest absolute Gasteiger partial charge is 0.465 e. The van der Waals surface area contributed by atoms with Gasteiger partial charge in [0.25, 0.3) is 5.69 Å². The van der Waals surface area contributed by atoms with E-state index in [0.29, 0.717) is 11.5 Å². The van der Waals surface area contributed by atoms with E-state index in [4.69, 9.17) is 13.3 Å². The van der Waals surface area contributed by atoms with Gasteiger partial charge in [0, 0.05) is 17.7 Å². The number of non-ortho nitro benzene ring substituents is 1. The Morgan fingerprint density at radius 3 is 1.94 bits per heavy atom. The van der Waals surface area contributed by atoms with Crippen LogP contribution in [0.3, 0.4) is 0 Å². The molecule has 0 fully saturated rings. The van der Waals surface area contributed by atoms with Crippen molar-refractivity contribution in [3.63, 3.8) is 0 Å². The number of nitro groups is 1. The van der Waals surface area contributed by atoms with Crippen molar-refractivity contribution >= 4 is 17.6 Å². The van der Waals surface area contributed by atoms with Crippen LogP contribution in [0.4, 0.5) is 11.4 Å². The van der Waals surface area contributed by atoms with Crippen molar-refractivity contribution in [1.82, 2.24) is 0 Å². The maximum Gasteiger partial charge on any atom is 0.269 e. The summed E-state index contributed by atoms with van der Waals surface area (Å²) in [6, 6.07) is 25.6. The smallest absolute Gasteiger partial charge is 0.269 e. The molecule has 0 atom stereocenters. The summed E-state index contributed by atoms with van der Waals surface area (Å²) >= 11 is 0. The topological polar surface area (TPSA) is 94.9 Å². The minimum absolute atomic E-state index is 0.0390. The van der Waals surface area contributed by atoms with Crippen LogP contribution in [0.15, 0.2) is 103 Å². The van der Waals surface area contributed by atoms with E-state index in [-0.39, 0.29) is 11.6 Å². The van der Waals surface area contributed by atoms with Gasteiger partial charge in [0.2, 0.25) is 0 Å². The Hall–Kier alpha value is -4.65. The first kappa shape index (κ1) is 22.2.